The fourth-order valence-electron chi connectivity index (χ4n) is 0.993. The van der Waals surface area contributed by atoms with Gasteiger partial charge in [-0.2, -0.15) is 0 Å². The van der Waals surface area contributed by atoms with Crippen molar-refractivity contribution in [1.29, 1.82) is 0 Å². The lowest BCUT2D eigenvalue weighted by atomic mass is 10.4. The number of aromatic nitrogens is 2. The summed E-state index contributed by atoms with van der Waals surface area (Å²) in [6, 6.07) is 4.21. The molecule has 0 atom stereocenters. The molecule has 5 heteroatoms. The third-order valence-corrected chi connectivity index (χ3v) is 1.57. The van der Waals surface area contributed by atoms with Crippen LogP contribution >= 0.6 is 0 Å². The molecule has 2 aromatic heterocycles. The van der Waals surface area contributed by atoms with Crippen LogP contribution in [0.3, 0.4) is 0 Å². The molecule has 2 aromatic rings. The number of aryl methyl sites for hydroxylation is 1. The molecule has 2 heterocycles. The number of hydrogen-bond acceptors (Lipinski definition) is 5. The lowest BCUT2D eigenvalue weighted by Crippen LogP contribution is -1.97. The molecular formula is C8H9N3O2. The maximum absolute atomic E-state index is 5.33. The summed E-state index contributed by atoms with van der Waals surface area (Å²) in [4.78, 5) is 0. The van der Waals surface area contributed by atoms with Crippen molar-refractivity contribution >= 4 is 6.01 Å². The summed E-state index contributed by atoms with van der Waals surface area (Å²) < 4.78 is 10.2. The molecule has 0 bridgehead atoms. The minimum absolute atomic E-state index is 0.397. The van der Waals surface area contributed by atoms with Crippen LogP contribution in [0.25, 0.3) is 0 Å². The van der Waals surface area contributed by atoms with E-state index in [1.165, 1.54) is 6.39 Å². The molecule has 0 aliphatic heterocycles. The quantitative estimate of drug-likeness (QED) is 0.774. The highest BCUT2D eigenvalue weighted by molar-refractivity contribution is 5.18. The van der Waals surface area contributed by atoms with Crippen LogP contribution in [0.2, 0.25) is 0 Å². The summed E-state index contributed by atoms with van der Waals surface area (Å²) in [5.74, 6) is 1.73. The first-order valence-corrected chi connectivity index (χ1v) is 3.90. The molecule has 0 saturated carbocycles. The molecule has 0 radical (unpaired) electrons. The van der Waals surface area contributed by atoms with E-state index >= 15 is 0 Å². The van der Waals surface area contributed by atoms with E-state index in [4.69, 9.17) is 8.83 Å². The molecule has 0 saturated heterocycles. The molecule has 2 rings (SSSR count). The van der Waals surface area contributed by atoms with Gasteiger partial charge in [-0.1, -0.05) is 5.10 Å². The van der Waals surface area contributed by atoms with E-state index < -0.39 is 0 Å². The third kappa shape index (κ3) is 1.87. The minimum Gasteiger partial charge on any atom is -0.465 e. The predicted molar refractivity (Wildman–Crippen MR) is 45.1 cm³/mol. The van der Waals surface area contributed by atoms with E-state index in [-0.39, 0.29) is 0 Å². The van der Waals surface area contributed by atoms with Gasteiger partial charge in [0, 0.05) is 0 Å². The third-order valence-electron chi connectivity index (χ3n) is 1.57. The maximum Gasteiger partial charge on any atom is 0.315 e. The second-order valence-corrected chi connectivity index (χ2v) is 2.61. The molecule has 0 amide bonds. The minimum atomic E-state index is 0.397. The van der Waals surface area contributed by atoms with Gasteiger partial charge in [-0.05, 0) is 19.1 Å². The largest absolute Gasteiger partial charge is 0.465 e. The van der Waals surface area contributed by atoms with E-state index in [0.717, 1.165) is 11.5 Å². The summed E-state index contributed by atoms with van der Waals surface area (Å²) in [5, 5.41) is 10.1. The first kappa shape index (κ1) is 7.85. The molecule has 0 aliphatic carbocycles. The topological polar surface area (TPSA) is 64.1 Å². The summed E-state index contributed by atoms with van der Waals surface area (Å²) >= 11 is 0. The lowest BCUT2D eigenvalue weighted by Gasteiger charge is -1.95. The van der Waals surface area contributed by atoms with Gasteiger partial charge in [0.1, 0.15) is 11.5 Å². The SMILES string of the molecule is Cc1ccc(CNc2nnco2)o1. The smallest absolute Gasteiger partial charge is 0.315 e. The monoisotopic (exact) mass is 179 g/mol. The zero-order valence-electron chi connectivity index (χ0n) is 7.15. The van der Waals surface area contributed by atoms with Crippen LogP contribution in [0.15, 0.2) is 27.4 Å². The zero-order valence-corrected chi connectivity index (χ0v) is 7.15. The first-order valence-electron chi connectivity index (χ1n) is 3.90. The van der Waals surface area contributed by atoms with E-state index in [1.807, 2.05) is 19.1 Å². The van der Waals surface area contributed by atoms with Crippen molar-refractivity contribution < 1.29 is 8.83 Å². The molecule has 0 aliphatic rings. The van der Waals surface area contributed by atoms with Gasteiger partial charge < -0.3 is 14.2 Å². The summed E-state index contributed by atoms with van der Waals surface area (Å²) in [6.07, 6.45) is 1.27. The number of anilines is 1. The van der Waals surface area contributed by atoms with Gasteiger partial charge in [0.2, 0.25) is 6.39 Å². The Morgan fingerprint density at radius 3 is 3.00 bits per heavy atom. The zero-order chi connectivity index (χ0) is 9.10. The van der Waals surface area contributed by atoms with Gasteiger partial charge in [-0.3, -0.25) is 0 Å². The van der Waals surface area contributed by atoms with Gasteiger partial charge in [0.25, 0.3) is 0 Å². The summed E-state index contributed by atoms with van der Waals surface area (Å²) in [6.45, 7) is 2.45. The Kier molecular flexibility index (Phi) is 1.99. The first-order chi connectivity index (χ1) is 6.34. The lowest BCUT2D eigenvalue weighted by molar-refractivity contribution is 0.485. The Labute approximate surface area is 74.8 Å². The van der Waals surface area contributed by atoms with Crippen molar-refractivity contribution in [3.05, 3.63) is 30.0 Å². The average molecular weight is 179 g/mol. The summed E-state index contributed by atoms with van der Waals surface area (Å²) in [5.41, 5.74) is 0. The highest BCUT2D eigenvalue weighted by Crippen LogP contribution is 2.08. The molecule has 68 valence electrons. The predicted octanol–water partition coefficient (Wildman–Crippen LogP) is 1.58. The number of hydrogen-bond donors (Lipinski definition) is 1. The second-order valence-electron chi connectivity index (χ2n) is 2.61. The van der Waals surface area contributed by atoms with Gasteiger partial charge >= 0.3 is 6.01 Å². The normalized spacial score (nSPS) is 10.2. The van der Waals surface area contributed by atoms with E-state index in [9.17, 15) is 0 Å². The second kappa shape index (κ2) is 3.30. The summed E-state index contributed by atoms with van der Waals surface area (Å²) in [7, 11) is 0. The molecule has 5 nitrogen and oxygen atoms in total. The number of nitrogens with one attached hydrogen (secondary N) is 1. The van der Waals surface area contributed by atoms with Crippen LogP contribution < -0.4 is 5.32 Å². The molecule has 0 aromatic carbocycles. The van der Waals surface area contributed by atoms with Crippen molar-refractivity contribution in [1.82, 2.24) is 10.2 Å². The fourth-order valence-corrected chi connectivity index (χ4v) is 0.993. The van der Waals surface area contributed by atoms with E-state index in [1.54, 1.807) is 0 Å². The van der Waals surface area contributed by atoms with Gasteiger partial charge in [-0.25, -0.2) is 0 Å². The van der Waals surface area contributed by atoms with E-state index in [2.05, 4.69) is 15.5 Å². The molecule has 13 heavy (non-hydrogen) atoms. The Balaban J connectivity index is 1.93. The van der Waals surface area contributed by atoms with Crippen molar-refractivity contribution in [3.8, 4) is 0 Å². The van der Waals surface area contributed by atoms with Crippen LogP contribution in [0.5, 0.6) is 0 Å². The Morgan fingerprint density at radius 2 is 2.38 bits per heavy atom. The van der Waals surface area contributed by atoms with Gasteiger partial charge in [0.15, 0.2) is 0 Å². The number of rotatable bonds is 3. The van der Waals surface area contributed by atoms with Crippen LogP contribution in [-0.4, -0.2) is 10.2 Å². The van der Waals surface area contributed by atoms with E-state index in [0.29, 0.717) is 12.6 Å². The molecule has 0 spiro atoms. The van der Waals surface area contributed by atoms with Crippen LogP contribution in [0.4, 0.5) is 6.01 Å². The van der Waals surface area contributed by atoms with Crippen molar-refractivity contribution in [3.63, 3.8) is 0 Å². The Bertz CT molecular complexity index is 366. The average Bonchev–Trinajstić information content (AvgIpc) is 2.71. The Hall–Kier alpha value is -1.78. The number of nitrogens with zero attached hydrogens (tertiary/aromatic N) is 2. The van der Waals surface area contributed by atoms with Crippen LogP contribution in [-0.2, 0) is 6.54 Å². The van der Waals surface area contributed by atoms with Gasteiger partial charge in [-0.15, -0.1) is 5.10 Å². The van der Waals surface area contributed by atoms with Crippen LogP contribution in [0, 0.1) is 6.92 Å². The Morgan fingerprint density at radius 1 is 1.46 bits per heavy atom. The molecule has 1 N–H and O–H groups in total. The van der Waals surface area contributed by atoms with Crippen molar-refractivity contribution in [2.75, 3.05) is 5.32 Å². The van der Waals surface area contributed by atoms with Crippen molar-refractivity contribution in [2.45, 2.75) is 13.5 Å². The number of furan rings is 1. The highest BCUT2D eigenvalue weighted by Gasteiger charge is 2.00. The maximum atomic E-state index is 5.33. The fraction of sp³-hybridized carbons (Fsp3) is 0.250. The molecular weight excluding hydrogens is 170 g/mol. The highest BCUT2D eigenvalue weighted by atomic mass is 16.4. The molecule has 0 unspecified atom stereocenters. The van der Waals surface area contributed by atoms with Crippen LogP contribution in [0.1, 0.15) is 11.5 Å². The van der Waals surface area contributed by atoms with Gasteiger partial charge in [0.05, 0.1) is 6.54 Å². The van der Waals surface area contributed by atoms with Crippen molar-refractivity contribution in [2.24, 2.45) is 0 Å². The molecule has 0 fully saturated rings. The standard InChI is InChI=1S/C8H9N3O2/c1-6-2-3-7(13-6)4-9-8-11-10-5-12-8/h2-3,5H,4H2,1H3,(H,9,11).